The second-order valence-corrected chi connectivity index (χ2v) is 5.44. The molecule has 15 heavy (non-hydrogen) atoms. The van der Waals surface area contributed by atoms with E-state index in [0.29, 0.717) is 5.15 Å². The van der Waals surface area contributed by atoms with Gasteiger partial charge in [0.1, 0.15) is 5.15 Å². The molecule has 0 spiro atoms. The Morgan fingerprint density at radius 2 is 2.27 bits per heavy atom. The topological polar surface area (TPSA) is 45.1 Å². The third-order valence-electron chi connectivity index (χ3n) is 3.09. The molecule has 0 unspecified atom stereocenters. The number of anilines is 1. The molecule has 1 heterocycles. The van der Waals surface area contributed by atoms with Crippen molar-refractivity contribution in [2.24, 2.45) is 5.41 Å². The fraction of sp³-hybridized carbons (Fsp3) is 0.700. The Hall–Kier alpha value is -0.320. The standard InChI is InChI=1S/C10H15ClN2OS/c11-8-5-15-9(13-8)12-6-10(7-14)3-1-2-4-10/h5,14H,1-4,6-7H2,(H,12,13). The predicted molar refractivity (Wildman–Crippen MR) is 63.6 cm³/mol. The van der Waals surface area contributed by atoms with Gasteiger partial charge in [-0.2, -0.15) is 0 Å². The molecule has 0 atom stereocenters. The predicted octanol–water partition coefficient (Wildman–Crippen LogP) is 2.76. The zero-order valence-corrected chi connectivity index (χ0v) is 10.1. The van der Waals surface area contributed by atoms with Gasteiger partial charge in [-0.3, -0.25) is 0 Å². The summed E-state index contributed by atoms with van der Waals surface area (Å²) in [7, 11) is 0. The molecule has 1 aromatic heterocycles. The summed E-state index contributed by atoms with van der Waals surface area (Å²) in [6.45, 7) is 1.06. The van der Waals surface area contributed by atoms with Crippen LogP contribution in [0.1, 0.15) is 25.7 Å². The largest absolute Gasteiger partial charge is 0.396 e. The summed E-state index contributed by atoms with van der Waals surface area (Å²) in [6, 6.07) is 0. The fourth-order valence-electron chi connectivity index (χ4n) is 2.11. The lowest BCUT2D eigenvalue weighted by molar-refractivity contribution is 0.142. The first-order valence-corrected chi connectivity index (χ1v) is 6.46. The third-order valence-corrected chi connectivity index (χ3v) is 4.21. The molecule has 3 nitrogen and oxygen atoms in total. The minimum absolute atomic E-state index is 0.0676. The highest BCUT2D eigenvalue weighted by molar-refractivity contribution is 7.14. The van der Waals surface area contributed by atoms with Crippen LogP contribution in [0.5, 0.6) is 0 Å². The van der Waals surface area contributed by atoms with Gasteiger partial charge in [0.15, 0.2) is 5.13 Å². The Morgan fingerprint density at radius 3 is 2.80 bits per heavy atom. The molecule has 1 aliphatic rings. The molecular weight excluding hydrogens is 232 g/mol. The SMILES string of the molecule is OCC1(CNc2nc(Cl)cs2)CCCC1. The van der Waals surface area contributed by atoms with Crippen LogP contribution in [0, 0.1) is 5.41 Å². The number of nitrogens with zero attached hydrogens (tertiary/aromatic N) is 1. The first-order chi connectivity index (χ1) is 7.24. The smallest absolute Gasteiger partial charge is 0.184 e. The maximum absolute atomic E-state index is 9.42. The van der Waals surface area contributed by atoms with Gasteiger partial charge in [0.05, 0.1) is 6.61 Å². The lowest BCUT2D eigenvalue weighted by Gasteiger charge is -2.26. The highest BCUT2D eigenvalue weighted by atomic mass is 35.5. The van der Waals surface area contributed by atoms with Crippen molar-refractivity contribution < 1.29 is 5.11 Å². The molecule has 1 saturated carbocycles. The van der Waals surface area contributed by atoms with E-state index in [4.69, 9.17) is 11.6 Å². The van der Waals surface area contributed by atoms with Crippen molar-refractivity contribution >= 4 is 28.1 Å². The molecule has 0 radical (unpaired) electrons. The Kier molecular flexibility index (Phi) is 3.49. The van der Waals surface area contributed by atoms with Gasteiger partial charge in [-0.25, -0.2) is 4.98 Å². The van der Waals surface area contributed by atoms with E-state index in [1.54, 1.807) is 0 Å². The van der Waals surface area contributed by atoms with Crippen LogP contribution < -0.4 is 5.32 Å². The molecule has 0 amide bonds. The average molecular weight is 247 g/mol. The molecule has 1 fully saturated rings. The number of aliphatic hydroxyl groups excluding tert-OH is 1. The maximum atomic E-state index is 9.42. The fourth-order valence-corrected chi connectivity index (χ4v) is 2.95. The third kappa shape index (κ3) is 2.62. The Bertz CT molecular complexity index is 323. The molecule has 2 rings (SSSR count). The van der Waals surface area contributed by atoms with Gasteiger partial charge in [0.25, 0.3) is 0 Å². The zero-order chi connectivity index (χ0) is 10.7. The van der Waals surface area contributed by atoms with Crippen molar-refractivity contribution in [2.45, 2.75) is 25.7 Å². The summed E-state index contributed by atoms with van der Waals surface area (Å²) in [5.74, 6) is 0. The first kappa shape index (κ1) is 11.2. The van der Waals surface area contributed by atoms with Crippen LogP contribution in [0.4, 0.5) is 5.13 Å². The molecule has 0 aliphatic heterocycles. The summed E-state index contributed by atoms with van der Waals surface area (Å²) >= 11 is 7.24. The van der Waals surface area contributed by atoms with E-state index in [1.165, 1.54) is 24.2 Å². The molecule has 0 aromatic carbocycles. The van der Waals surface area contributed by atoms with Crippen molar-refractivity contribution in [1.82, 2.24) is 4.98 Å². The number of hydrogen-bond acceptors (Lipinski definition) is 4. The number of nitrogens with one attached hydrogen (secondary N) is 1. The highest BCUT2D eigenvalue weighted by Gasteiger charge is 2.33. The van der Waals surface area contributed by atoms with Crippen LogP contribution in [0.15, 0.2) is 5.38 Å². The second-order valence-electron chi connectivity index (χ2n) is 4.19. The molecule has 1 aliphatic carbocycles. The van der Waals surface area contributed by atoms with Gasteiger partial charge in [0.2, 0.25) is 0 Å². The van der Waals surface area contributed by atoms with Crippen LogP contribution >= 0.6 is 22.9 Å². The molecule has 84 valence electrons. The van der Waals surface area contributed by atoms with E-state index in [0.717, 1.165) is 24.5 Å². The molecule has 1 aromatic rings. The van der Waals surface area contributed by atoms with Crippen LogP contribution in [-0.4, -0.2) is 23.2 Å². The van der Waals surface area contributed by atoms with Crippen LogP contribution in [-0.2, 0) is 0 Å². The van der Waals surface area contributed by atoms with Gasteiger partial charge < -0.3 is 10.4 Å². The van der Waals surface area contributed by atoms with Crippen molar-refractivity contribution in [3.63, 3.8) is 0 Å². The van der Waals surface area contributed by atoms with E-state index in [9.17, 15) is 5.11 Å². The normalized spacial score (nSPS) is 19.3. The van der Waals surface area contributed by atoms with Crippen molar-refractivity contribution in [3.8, 4) is 0 Å². The van der Waals surface area contributed by atoms with Gasteiger partial charge in [-0.05, 0) is 12.8 Å². The van der Waals surface area contributed by atoms with Crippen LogP contribution in [0.2, 0.25) is 5.15 Å². The number of hydrogen-bond donors (Lipinski definition) is 2. The molecular formula is C10H15ClN2OS. The second kappa shape index (κ2) is 4.68. The molecule has 0 saturated heterocycles. The minimum atomic E-state index is 0.0676. The van der Waals surface area contributed by atoms with E-state index >= 15 is 0 Å². The Balaban J connectivity index is 1.91. The quantitative estimate of drug-likeness (QED) is 0.859. The molecule has 2 N–H and O–H groups in total. The highest BCUT2D eigenvalue weighted by Crippen LogP contribution is 2.37. The van der Waals surface area contributed by atoms with Gasteiger partial charge in [-0.15, -0.1) is 11.3 Å². The van der Waals surface area contributed by atoms with Crippen LogP contribution in [0.3, 0.4) is 0 Å². The van der Waals surface area contributed by atoms with E-state index < -0.39 is 0 Å². The van der Waals surface area contributed by atoms with Crippen molar-refractivity contribution in [1.29, 1.82) is 0 Å². The number of aromatic nitrogens is 1. The van der Waals surface area contributed by atoms with Crippen molar-refractivity contribution in [3.05, 3.63) is 10.5 Å². The van der Waals surface area contributed by atoms with E-state index in [2.05, 4.69) is 10.3 Å². The summed E-state index contributed by atoms with van der Waals surface area (Å²) in [4.78, 5) is 4.13. The Morgan fingerprint density at radius 1 is 1.53 bits per heavy atom. The summed E-state index contributed by atoms with van der Waals surface area (Å²) in [5, 5.41) is 15.9. The lowest BCUT2D eigenvalue weighted by Crippen LogP contribution is -2.30. The lowest BCUT2D eigenvalue weighted by atomic mass is 9.87. The van der Waals surface area contributed by atoms with Crippen molar-refractivity contribution in [2.75, 3.05) is 18.5 Å². The van der Waals surface area contributed by atoms with Gasteiger partial charge in [-0.1, -0.05) is 24.4 Å². The molecule has 0 bridgehead atoms. The Labute approximate surface area is 98.5 Å². The monoisotopic (exact) mass is 246 g/mol. The molecule has 5 heteroatoms. The van der Waals surface area contributed by atoms with E-state index in [-0.39, 0.29) is 12.0 Å². The number of rotatable bonds is 4. The summed E-state index contributed by atoms with van der Waals surface area (Å²) in [6.07, 6.45) is 4.66. The number of halogens is 1. The number of aliphatic hydroxyl groups is 1. The van der Waals surface area contributed by atoms with Gasteiger partial charge >= 0.3 is 0 Å². The summed E-state index contributed by atoms with van der Waals surface area (Å²) < 4.78 is 0. The number of thiazole rings is 1. The van der Waals surface area contributed by atoms with E-state index in [1.807, 2.05) is 5.38 Å². The van der Waals surface area contributed by atoms with Crippen LogP contribution in [0.25, 0.3) is 0 Å². The summed E-state index contributed by atoms with van der Waals surface area (Å²) in [5.41, 5.74) is 0.0676. The first-order valence-electron chi connectivity index (χ1n) is 5.20. The van der Waals surface area contributed by atoms with Gasteiger partial charge in [0, 0.05) is 17.3 Å². The average Bonchev–Trinajstić information content (AvgIpc) is 2.85. The zero-order valence-electron chi connectivity index (χ0n) is 8.50. The minimum Gasteiger partial charge on any atom is -0.396 e. The maximum Gasteiger partial charge on any atom is 0.184 e.